The van der Waals surface area contributed by atoms with Crippen molar-refractivity contribution in [3.8, 4) is 0 Å². The van der Waals surface area contributed by atoms with Gasteiger partial charge in [0.1, 0.15) is 5.15 Å². The van der Waals surface area contributed by atoms with Gasteiger partial charge in [0.2, 0.25) is 0 Å². The zero-order chi connectivity index (χ0) is 14.9. The number of aromatic nitrogens is 1. The molecule has 0 unspecified atom stereocenters. The van der Waals surface area contributed by atoms with E-state index in [9.17, 15) is 4.79 Å². The number of carbonyl (C=O) groups is 1. The van der Waals surface area contributed by atoms with Gasteiger partial charge in [-0.2, -0.15) is 0 Å². The van der Waals surface area contributed by atoms with Crippen LogP contribution in [0, 0.1) is 6.92 Å². The topological polar surface area (TPSA) is 36.4 Å². The summed E-state index contributed by atoms with van der Waals surface area (Å²) >= 11 is 5.93. The number of hydrogen-bond acceptors (Lipinski definition) is 3. The Kier molecular flexibility index (Phi) is 4.35. The van der Waals surface area contributed by atoms with Crippen LogP contribution in [0.25, 0.3) is 0 Å². The SMILES string of the molecule is Cc1cc(C(=O)N2CCN(C(C)(C)C)CC2)cc(Cl)n1. The van der Waals surface area contributed by atoms with Crippen LogP contribution in [-0.4, -0.2) is 52.4 Å². The first kappa shape index (κ1) is 15.3. The van der Waals surface area contributed by atoms with Gasteiger partial charge in [-0.05, 0) is 39.8 Å². The summed E-state index contributed by atoms with van der Waals surface area (Å²) in [5, 5.41) is 0.377. The molecule has 0 aliphatic carbocycles. The molecule has 1 amide bonds. The Bertz CT molecular complexity index is 482. The van der Waals surface area contributed by atoms with Gasteiger partial charge >= 0.3 is 0 Å². The van der Waals surface area contributed by atoms with Crippen LogP contribution in [0.2, 0.25) is 5.15 Å². The Morgan fingerprint density at radius 2 is 1.80 bits per heavy atom. The zero-order valence-corrected chi connectivity index (χ0v) is 13.4. The summed E-state index contributed by atoms with van der Waals surface area (Å²) in [4.78, 5) is 20.9. The van der Waals surface area contributed by atoms with Gasteiger partial charge in [-0.25, -0.2) is 4.98 Å². The predicted octanol–water partition coefficient (Wildman–Crippen LogP) is 2.60. The van der Waals surface area contributed by atoms with E-state index in [1.807, 2.05) is 11.8 Å². The maximum atomic E-state index is 12.5. The Balaban J connectivity index is 2.05. The third-order valence-corrected chi connectivity index (χ3v) is 3.88. The van der Waals surface area contributed by atoms with E-state index in [1.165, 1.54) is 0 Å². The summed E-state index contributed by atoms with van der Waals surface area (Å²) in [5.41, 5.74) is 1.56. The zero-order valence-electron chi connectivity index (χ0n) is 12.6. The second-order valence-corrected chi connectivity index (χ2v) is 6.66. The lowest BCUT2D eigenvalue weighted by Gasteiger charge is -2.42. The molecule has 2 heterocycles. The molecule has 4 nitrogen and oxygen atoms in total. The van der Waals surface area contributed by atoms with Crippen molar-refractivity contribution in [1.29, 1.82) is 0 Å². The number of hydrogen-bond donors (Lipinski definition) is 0. The molecule has 1 aliphatic rings. The van der Waals surface area contributed by atoms with Crippen molar-refractivity contribution in [1.82, 2.24) is 14.8 Å². The van der Waals surface area contributed by atoms with Crippen LogP contribution in [0.3, 0.4) is 0 Å². The molecule has 0 aromatic carbocycles. The Morgan fingerprint density at radius 1 is 1.20 bits per heavy atom. The van der Waals surface area contributed by atoms with E-state index in [-0.39, 0.29) is 11.4 Å². The third-order valence-electron chi connectivity index (χ3n) is 3.68. The van der Waals surface area contributed by atoms with Crippen molar-refractivity contribution in [3.05, 3.63) is 28.5 Å². The van der Waals surface area contributed by atoms with Gasteiger partial charge in [-0.15, -0.1) is 0 Å². The number of pyridine rings is 1. The Morgan fingerprint density at radius 3 is 2.30 bits per heavy atom. The van der Waals surface area contributed by atoms with E-state index in [0.717, 1.165) is 31.9 Å². The van der Waals surface area contributed by atoms with Gasteiger partial charge in [-0.3, -0.25) is 9.69 Å². The lowest BCUT2D eigenvalue weighted by atomic mass is 10.0. The number of nitrogens with zero attached hydrogens (tertiary/aromatic N) is 3. The summed E-state index contributed by atoms with van der Waals surface area (Å²) in [5.74, 6) is 0.0472. The van der Waals surface area contributed by atoms with Crippen LogP contribution >= 0.6 is 11.6 Å². The van der Waals surface area contributed by atoms with Gasteiger partial charge in [0, 0.05) is 43.0 Å². The molecule has 1 saturated heterocycles. The van der Waals surface area contributed by atoms with Crippen molar-refractivity contribution in [3.63, 3.8) is 0 Å². The fraction of sp³-hybridized carbons (Fsp3) is 0.600. The fourth-order valence-electron chi connectivity index (χ4n) is 2.51. The molecule has 2 rings (SSSR count). The summed E-state index contributed by atoms with van der Waals surface area (Å²) in [7, 11) is 0. The van der Waals surface area contributed by atoms with Crippen LogP contribution in [0.4, 0.5) is 0 Å². The molecule has 0 spiro atoms. The Labute approximate surface area is 125 Å². The normalized spacial score (nSPS) is 17.4. The van der Waals surface area contributed by atoms with Gasteiger partial charge in [0.15, 0.2) is 0 Å². The minimum absolute atomic E-state index is 0.0472. The highest BCUT2D eigenvalue weighted by Crippen LogP contribution is 2.18. The number of aryl methyl sites for hydroxylation is 1. The highest BCUT2D eigenvalue weighted by Gasteiger charge is 2.28. The molecule has 1 fully saturated rings. The molecule has 0 N–H and O–H groups in total. The monoisotopic (exact) mass is 295 g/mol. The molecule has 0 saturated carbocycles. The second kappa shape index (κ2) is 5.70. The maximum absolute atomic E-state index is 12.5. The first-order chi connectivity index (χ1) is 9.27. The van der Waals surface area contributed by atoms with Crippen molar-refractivity contribution in [2.75, 3.05) is 26.2 Å². The van der Waals surface area contributed by atoms with Gasteiger partial charge in [0.05, 0.1) is 0 Å². The van der Waals surface area contributed by atoms with Gasteiger partial charge < -0.3 is 4.90 Å². The molecule has 0 radical (unpaired) electrons. The number of halogens is 1. The number of piperazine rings is 1. The van der Waals surface area contributed by atoms with E-state index in [2.05, 4.69) is 30.7 Å². The summed E-state index contributed by atoms with van der Waals surface area (Å²) in [6, 6.07) is 3.44. The lowest BCUT2D eigenvalue weighted by Crippen LogP contribution is -2.54. The second-order valence-electron chi connectivity index (χ2n) is 6.27. The summed E-state index contributed by atoms with van der Waals surface area (Å²) in [6.45, 7) is 11.8. The quantitative estimate of drug-likeness (QED) is 0.747. The van der Waals surface area contributed by atoms with Crippen LogP contribution in [0.1, 0.15) is 36.8 Å². The van der Waals surface area contributed by atoms with E-state index >= 15 is 0 Å². The highest BCUT2D eigenvalue weighted by molar-refractivity contribution is 6.29. The van der Waals surface area contributed by atoms with Crippen molar-refractivity contribution in [2.24, 2.45) is 0 Å². The van der Waals surface area contributed by atoms with Gasteiger partial charge in [0.25, 0.3) is 5.91 Å². The molecule has 110 valence electrons. The van der Waals surface area contributed by atoms with Crippen LogP contribution < -0.4 is 0 Å². The minimum atomic E-state index is 0.0472. The molecule has 0 atom stereocenters. The number of rotatable bonds is 1. The predicted molar refractivity (Wildman–Crippen MR) is 81.2 cm³/mol. The molecule has 1 aliphatic heterocycles. The van der Waals surface area contributed by atoms with E-state index in [1.54, 1.807) is 12.1 Å². The highest BCUT2D eigenvalue weighted by atomic mass is 35.5. The van der Waals surface area contributed by atoms with E-state index in [4.69, 9.17) is 11.6 Å². The average molecular weight is 296 g/mol. The lowest BCUT2D eigenvalue weighted by molar-refractivity contribution is 0.0451. The molecule has 5 heteroatoms. The third kappa shape index (κ3) is 3.49. The molecule has 1 aromatic heterocycles. The van der Waals surface area contributed by atoms with Crippen molar-refractivity contribution in [2.45, 2.75) is 33.2 Å². The van der Waals surface area contributed by atoms with Crippen LogP contribution in [0.5, 0.6) is 0 Å². The molecular formula is C15H22ClN3O. The standard InChI is InChI=1S/C15H22ClN3O/c1-11-9-12(10-13(16)17-11)14(20)18-5-7-19(8-6-18)15(2,3)4/h9-10H,5-8H2,1-4H3. The van der Waals surface area contributed by atoms with Crippen molar-refractivity contribution >= 4 is 17.5 Å². The van der Waals surface area contributed by atoms with Crippen LogP contribution in [0.15, 0.2) is 12.1 Å². The summed E-state index contributed by atoms with van der Waals surface area (Å²) in [6.07, 6.45) is 0. The fourth-order valence-corrected chi connectivity index (χ4v) is 2.77. The largest absolute Gasteiger partial charge is 0.336 e. The maximum Gasteiger partial charge on any atom is 0.254 e. The van der Waals surface area contributed by atoms with E-state index in [0.29, 0.717) is 10.7 Å². The molecule has 1 aromatic rings. The molecule has 20 heavy (non-hydrogen) atoms. The van der Waals surface area contributed by atoms with Crippen molar-refractivity contribution < 1.29 is 4.79 Å². The average Bonchev–Trinajstić information content (AvgIpc) is 2.36. The smallest absolute Gasteiger partial charge is 0.254 e. The Hall–Kier alpha value is -1.13. The molecular weight excluding hydrogens is 274 g/mol. The minimum Gasteiger partial charge on any atom is -0.336 e. The number of amides is 1. The van der Waals surface area contributed by atoms with Gasteiger partial charge in [-0.1, -0.05) is 11.6 Å². The van der Waals surface area contributed by atoms with Crippen LogP contribution in [-0.2, 0) is 0 Å². The van der Waals surface area contributed by atoms with E-state index < -0.39 is 0 Å². The first-order valence-corrected chi connectivity index (χ1v) is 7.34. The number of carbonyl (C=O) groups excluding carboxylic acids is 1. The summed E-state index contributed by atoms with van der Waals surface area (Å²) < 4.78 is 0. The first-order valence-electron chi connectivity index (χ1n) is 6.96. The molecule has 0 bridgehead atoms.